The Morgan fingerprint density at radius 2 is 2.05 bits per heavy atom. The van der Waals surface area contributed by atoms with E-state index in [0.29, 0.717) is 6.07 Å². The number of halogens is 2. The third-order valence-electron chi connectivity index (χ3n) is 2.63. The number of carboxylic acid groups (broad SMARTS) is 1. The molecule has 19 heavy (non-hydrogen) atoms. The van der Waals surface area contributed by atoms with Crippen LogP contribution in [0.4, 0.5) is 8.78 Å². The number of benzene rings is 1. The van der Waals surface area contributed by atoms with Gasteiger partial charge in [-0.25, -0.2) is 9.18 Å². The second kappa shape index (κ2) is 4.23. The highest BCUT2D eigenvalue weighted by atomic mass is 19.2. The average Bonchev–Trinajstić information content (AvgIpc) is 2.37. The lowest BCUT2D eigenvalue weighted by Crippen LogP contribution is -2.22. The lowest BCUT2D eigenvalue weighted by atomic mass is 10.1. The zero-order chi connectivity index (χ0) is 14.3. The maximum atomic E-state index is 13.3. The lowest BCUT2D eigenvalue weighted by Gasteiger charge is -2.13. The highest BCUT2D eigenvalue weighted by Crippen LogP contribution is 2.28. The van der Waals surface area contributed by atoms with Crippen LogP contribution in [0, 0.1) is 11.6 Å². The fourth-order valence-electron chi connectivity index (χ4n) is 1.75. The van der Waals surface area contributed by atoms with Crippen LogP contribution < -0.4 is 10.9 Å². The van der Waals surface area contributed by atoms with E-state index in [4.69, 9.17) is 5.11 Å². The standard InChI is InChI=1S/C11H8F2N2O4/c1-14-15-3-5(11(18)19)9(16)4-2-6(12)7(13)10(17)8(4)15/h2-3,14,17H,1H3,(H,18,19). The summed E-state index contributed by atoms with van der Waals surface area (Å²) >= 11 is 0. The molecule has 0 bridgehead atoms. The summed E-state index contributed by atoms with van der Waals surface area (Å²) in [5.41, 5.74) is 0.466. The Hall–Kier alpha value is -2.64. The van der Waals surface area contributed by atoms with E-state index in [-0.39, 0.29) is 5.52 Å². The second-order valence-electron chi connectivity index (χ2n) is 3.69. The molecule has 0 radical (unpaired) electrons. The van der Waals surface area contributed by atoms with Crippen molar-refractivity contribution in [3.05, 3.63) is 39.7 Å². The van der Waals surface area contributed by atoms with E-state index in [1.807, 2.05) is 0 Å². The van der Waals surface area contributed by atoms with E-state index in [9.17, 15) is 23.5 Å². The van der Waals surface area contributed by atoms with Crippen molar-refractivity contribution in [2.24, 2.45) is 0 Å². The quantitative estimate of drug-likeness (QED) is 0.752. The van der Waals surface area contributed by atoms with Gasteiger partial charge in [0.25, 0.3) is 0 Å². The number of carbonyl (C=O) groups is 1. The van der Waals surface area contributed by atoms with Crippen LogP contribution in [0.25, 0.3) is 10.9 Å². The number of carboxylic acids is 1. The van der Waals surface area contributed by atoms with Crippen molar-refractivity contribution in [2.75, 3.05) is 12.5 Å². The third-order valence-corrected chi connectivity index (χ3v) is 2.63. The van der Waals surface area contributed by atoms with Crippen LogP contribution in [0.3, 0.4) is 0 Å². The van der Waals surface area contributed by atoms with Crippen LogP contribution in [0.2, 0.25) is 0 Å². The van der Waals surface area contributed by atoms with Crippen LogP contribution in [-0.2, 0) is 0 Å². The van der Waals surface area contributed by atoms with Gasteiger partial charge in [0.1, 0.15) is 11.1 Å². The molecule has 0 fully saturated rings. The van der Waals surface area contributed by atoms with Crippen molar-refractivity contribution in [3.63, 3.8) is 0 Å². The normalized spacial score (nSPS) is 10.7. The fraction of sp³-hybridized carbons (Fsp3) is 0.0909. The lowest BCUT2D eigenvalue weighted by molar-refractivity contribution is 0.0695. The summed E-state index contributed by atoms with van der Waals surface area (Å²) in [7, 11) is 1.36. The van der Waals surface area contributed by atoms with Crippen LogP contribution in [-0.4, -0.2) is 27.9 Å². The summed E-state index contributed by atoms with van der Waals surface area (Å²) in [5.74, 6) is -5.54. The summed E-state index contributed by atoms with van der Waals surface area (Å²) in [5, 5.41) is 18.0. The van der Waals surface area contributed by atoms with Gasteiger partial charge < -0.3 is 15.6 Å². The smallest absolute Gasteiger partial charge is 0.341 e. The molecule has 0 aliphatic heterocycles. The molecular weight excluding hydrogens is 262 g/mol. The molecule has 0 atom stereocenters. The van der Waals surface area contributed by atoms with Gasteiger partial charge in [0.15, 0.2) is 11.6 Å². The number of aromatic nitrogens is 1. The molecule has 0 aliphatic rings. The van der Waals surface area contributed by atoms with Gasteiger partial charge in [0.2, 0.25) is 11.2 Å². The Kier molecular flexibility index (Phi) is 2.85. The number of nitrogens with one attached hydrogen (secondary N) is 1. The number of nitrogens with zero attached hydrogens (tertiary/aromatic N) is 1. The monoisotopic (exact) mass is 270 g/mol. The molecular formula is C11H8F2N2O4. The highest BCUT2D eigenvalue weighted by molar-refractivity contribution is 5.94. The van der Waals surface area contributed by atoms with Crippen molar-refractivity contribution in [1.29, 1.82) is 0 Å². The maximum absolute atomic E-state index is 13.3. The van der Waals surface area contributed by atoms with Crippen molar-refractivity contribution >= 4 is 16.9 Å². The third kappa shape index (κ3) is 1.77. The second-order valence-corrected chi connectivity index (χ2v) is 3.69. The SMILES string of the molecule is CNn1cc(C(=O)O)c(=O)c2cc(F)c(F)c(O)c21. The van der Waals surface area contributed by atoms with E-state index in [0.717, 1.165) is 10.9 Å². The molecule has 100 valence electrons. The molecule has 0 saturated heterocycles. The van der Waals surface area contributed by atoms with Crippen molar-refractivity contribution in [1.82, 2.24) is 4.68 Å². The van der Waals surface area contributed by atoms with E-state index < -0.39 is 39.7 Å². The summed E-state index contributed by atoms with van der Waals surface area (Å²) in [6, 6.07) is 0.549. The topological polar surface area (TPSA) is 91.6 Å². The van der Waals surface area contributed by atoms with E-state index in [2.05, 4.69) is 5.43 Å². The summed E-state index contributed by atoms with van der Waals surface area (Å²) in [6.07, 6.45) is 0.879. The summed E-state index contributed by atoms with van der Waals surface area (Å²) in [6.45, 7) is 0. The molecule has 1 heterocycles. The number of pyridine rings is 1. The zero-order valence-electron chi connectivity index (χ0n) is 9.57. The Bertz CT molecular complexity index is 755. The minimum absolute atomic E-state index is 0.337. The number of phenols is 1. The molecule has 6 nitrogen and oxygen atoms in total. The molecule has 2 aromatic rings. The first kappa shape index (κ1) is 12.8. The molecule has 1 aromatic carbocycles. The summed E-state index contributed by atoms with van der Waals surface area (Å²) in [4.78, 5) is 22.7. The number of phenolic OH excluding ortho intramolecular Hbond substituents is 1. The van der Waals surface area contributed by atoms with Gasteiger partial charge in [0, 0.05) is 13.2 Å². The minimum Gasteiger partial charge on any atom is -0.503 e. The van der Waals surface area contributed by atoms with Gasteiger partial charge in [-0.15, -0.1) is 0 Å². The van der Waals surface area contributed by atoms with E-state index >= 15 is 0 Å². The number of aromatic hydroxyl groups is 1. The van der Waals surface area contributed by atoms with Gasteiger partial charge in [-0.1, -0.05) is 0 Å². The van der Waals surface area contributed by atoms with Crippen LogP contribution in [0.1, 0.15) is 10.4 Å². The van der Waals surface area contributed by atoms with Gasteiger partial charge in [-0.3, -0.25) is 9.47 Å². The molecule has 0 spiro atoms. The van der Waals surface area contributed by atoms with Gasteiger partial charge >= 0.3 is 5.97 Å². The molecule has 0 aliphatic carbocycles. The number of hydrogen-bond acceptors (Lipinski definition) is 4. The maximum Gasteiger partial charge on any atom is 0.341 e. The number of aromatic carboxylic acids is 1. The van der Waals surface area contributed by atoms with Gasteiger partial charge in [-0.05, 0) is 6.07 Å². The molecule has 2 rings (SSSR count). The first-order chi connectivity index (χ1) is 8.88. The fourth-order valence-corrected chi connectivity index (χ4v) is 1.75. The van der Waals surface area contributed by atoms with E-state index in [1.54, 1.807) is 0 Å². The van der Waals surface area contributed by atoms with Crippen LogP contribution >= 0.6 is 0 Å². The molecule has 8 heteroatoms. The minimum atomic E-state index is -1.51. The van der Waals surface area contributed by atoms with Crippen molar-refractivity contribution < 1.29 is 23.8 Å². The van der Waals surface area contributed by atoms with Gasteiger partial charge in [0.05, 0.1) is 5.39 Å². The molecule has 1 aromatic heterocycles. The number of rotatable bonds is 2. The molecule has 0 unspecified atom stereocenters. The van der Waals surface area contributed by atoms with Crippen LogP contribution in [0.5, 0.6) is 5.75 Å². The predicted molar refractivity (Wildman–Crippen MR) is 62.0 cm³/mol. The number of fused-ring (bicyclic) bond motifs is 1. The van der Waals surface area contributed by atoms with E-state index in [1.165, 1.54) is 7.05 Å². The largest absolute Gasteiger partial charge is 0.503 e. The first-order valence-electron chi connectivity index (χ1n) is 5.05. The van der Waals surface area contributed by atoms with Crippen molar-refractivity contribution in [2.45, 2.75) is 0 Å². The highest BCUT2D eigenvalue weighted by Gasteiger charge is 2.21. The number of hydrogen-bond donors (Lipinski definition) is 3. The molecule has 0 amide bonds. The van der Waals surface area contributed by atoms with Gasteiger partial charge in [-0.2, -0.15) is 4.39 Å². The Morgan fingerprint density at radius 3 is 2.58 bits per heavy atom. The average molecular weight is 270 g/mol. The Morgan fingerprint density at radius 1 is 1.42 bits per heavy atom. The zero-order valence-corrected chi connectivity index (χ0v) is 9.57. The predicted octanol–water partition coefficient (Wildman–Crippen LogP) is 0.857. The Balaban J connectivity index is 3.08. The summed E-state index contributed by atoms with van der Waals surface area (Å²) < 4.78 is 27.4. The first-order valence-corrected chi connectivity index (χ1v) is 5.05. The van der Waals surface area contributed by atoms with Crippen LogP contribution in [0.15, 0.2) is 17.1 Å². The molecule has 0 saturated carbocycles. The van der Waals surface area contributed by atoms with Crippen molar-refractivity contribution in [3.8, 4) is 5.75 Å². The molecule has 3 N–H and O–H groups in total. The Labute approximate surface area is 104 Å².